The lowest BCUT2D eigenvalue weighted by Gasteiger charge is -2.35. The van der Waals surface area contributed by atoms with Crippen molar-refractivity contribution < 1.29 is 9.21 Å². The van der Waals surface area contributed by atoms with E-state index in [1.807, 2.05) is 49.4 Å². The smallest absolute Gasteiger partial charge is 0.247 e. The van der Waals surface area contributed by atoms with E-state index in [1.54, 1.807) is 0 Å². The highest BCUT2D eigenvalue weighted by atomic mass is 16.4. The Bertz CT molecular complexity index is 991. The van der Waals surface area contributed by atoms with E-state index in [2.05, 4.69) is 38.4 Å². The van der Waals surface area contributed by atoms with Crippen LogP contribution in [0.3, 0.4) is 0 Å². The maximum atomic E-state index is 12.6. The Kier molecular flexibility index (Phi) is 6.09. The highest BCUT2D eigenvalue weighted by molar-refractivity contribution is 5.94. The topological polar surface area (TPSA) is 74.5 Å². The van der Waals surface area contributed by atoms with Crippen LogP contribution in [0, 0.1) is 6.92 Å². The molecule has 7 heteroatoms. The predicted octanol–water partition coefficient (Wildman–Crippen LogP) is 3.37. The van der Waals surface area contributed by atoms with Gasteiger partial charge in [-0.2, -0.15) is 0 Å². The SMILES string of the molecule is Cc1ccc(-c2nnc(CCC(=O)Nc3ccccc3N3CCN(C)CC3)o2)cc1. The van der Waals surface area contributed by atoms with Gasteiger partial charge in [0.05, 0.1) is 11.4 Å². The summed E-state index contributed by atoms with van der Waals surface area (Å²) in [5.74, 6) is 0.880. The van der Waals surface area contributed by atoms with Crippen molar-refractivity contribution in [1.29, 1.82) is 0 Å². The summed E-state index contributed by atoms with van der Waals surface area (Å²) in [6, 6.07) is 15.9. The molecule has 1 aromatic heterocycles. The number of benzene rings is 2. The molecule has 156 valence electrons. The largest absolute Gasteiger partial charge is 0.421 e. The van der Waals surface area contributed by atoms with Gasteiger partial charge in [-0.15, -0.1) is 10.2 Å². The van der Waals surface area contributed by atoms with Crippen LogP contribution in [0.2, 0.25) is 0 Å². The van der Waals surface area contributed by atoms with Crippen LogP contribution >= 0.6 is 0 Å². The molecule has 1 aliphatic rings. The van der Waals surface area contributed by atoms with Gasteiger partial charge in [-0.05, 0) is 38.2 Å². The third kappa shape index (κ3) is 4.86. The van der Waals surface area contributed by atoms with Crippen LogP contribution in [0.15, 0.2) is 52.9 Å². The van der Waals surface area contributed by atoms with Gasteiger partial charge in [0, 0.05) is 44.6 Å². The Morgan fingerprint density at radius 1 is 1.03 bits per heavy atom. The standard InChI is InChI=1S/C23H27N5O2/c1-17-7-9-18(10-8-17)23-26-25-22(30-23)12-11-21(29)24-19-5-3-4-6-20(19)28-15-13-27(2)14-16-28/h3-10H,11-16H2,1-2H3,(H,24,29). The third-order valence-electron chi connectivity index (χ3n) is 5.35. The molecular weight excluding hydrogens is 378 g/mol. The summed E-state index contributed by atoms with van der Waals surface area (Å²) in [4.78, 5) is 17.2. The number of carbonyl (C=O) groups excluding carboxylic acids is 1. The number of likely N-dealkylation sites (N-methyl/N-ethyl adjacent to an activating group) is 1. The molecule has 1 fully saturated rings. The zero-order valence-electron chi connectivity index (χ0n) is 17.5. The predicted molar refractivity (Wildman–Crippen MR) is 118 cm³/mol. The number of hydrogen-bond donors (Lipinski definition) is 1. The number of anilines is 2. The van der Waals surface area contributed by atoms with Gasteiger partial charge in [-0.3, -0.25) is 4.79 Å². The van der Waals surface area contributed by atoms with Gasteiger partial charge in [0.15, 0.2) is 0 Å². The van der Waals surface area contributed by atoms with Crippen molar-refractivity contribution in [2.24, 2.45) is 0 Å². The van der Waals surface area contributed by atoms with Gasteiger partial charge in [0.2, 0.25) is 17.7 Å². The summed E-state index contributed by atoms with van der Waals surface area (Å²) >= 11 is 0. The number of piperazine rings is 1. The van der Waals surface area contributed by atoms with Crippen molar-refractivity contribution in [1.82, 2.24) is 15.1 Å². The molecule has 2 aromatic carbocycles. The average Bonchev–Trinajstić information content (AvgIpc) is 3.23. The normalized spacial score (nSPS) is 14.7. The first-order valence-electron chi connectivity index (χ1n) is 10.3. The second-order valence-electron chi connectivity index (χ2n) is 7.72. The van der Waals surface area contributed by atoms with Crippen LogP contribution in [-0.4, -0.2) is 54.2 Å². The fourth-order valence-corrected chi connectivity index (χ4v) is 3.50. The molecule has 0 unspecified atom stereocenters. The molecule has 1 saturated heterocycles. The lowest BCUT2D eigenvalue weighted by molar-refractivity contribution is -0.116. The minimum atomic E-state index is -0.0633. The number of rotatable bonds is 6. The minimum Gasteiger partial charge on any atom is -0.421 e. The van der Waals surface area contributed by atoms with Crippen LogP contribution in [0.1, 0.15) is 17.9 Å². The molecule has 1 amide bonds. The number of carbonyl (C=O) groups is 1. The fourth-order valence-electron chi connectivity index (χ4n) is 3.50. The lowest BCUT2D eigenvalue weighted by atomic mass is 10.1. The second kappa shape index (κ2) is 9.09. The molecule has 3 aromatic rings. The monoisotopic (exact) mass is 405 g/mol. The molecule has 1 N–H and O–H groups in total. The molecule has 0 bridgehead atoms. The van der Waals surface area contributed by atoms with Crippen LogP contribution in [0.25, 0.3) is 11.5 Å². The van der Waals surface area contributed by atoms with Crippen molar-refractivity contribution in [3.05, 3.63) is 60.0 Å². The summed E-state index contributed by atoms with van der Waals surface area (Å²) in [7, 11) is 2.13. The van der Waals surface area contributed by atoms with Crippen LogP contribution in [0.4, 0.5) is 11.4 Å². The van der Waals surface area contributed by atoms with Crippen LogP contribution in [0.5, 0.6) is 0 Å². The van der Waals surface area contributed by atoms with E-state index in [9.17, 15) is 4.79 Å². The van der Waals surface area contributed by atoms with E-state index in [-0.39, 0.29) is 12.3 Å². The fraction of sp³-hybridized carbons (Fsp3) is 0.348. The summed E-state index contributed by atoms with van der Waals surface area (Å²) in [5.41, 5.74) is 3.97. The second-order valence-corrected chi connectivity index (χ2v) is 7.72. The molecule has 4 rings (SSSR count). The molecule has 2 heterocycles. The molecule has 0 aliphatic carbocycles. The van der Waals surface area contributed by atoms with Gasteiger partial charge in [0.1, 0.15) is 0 Å². The number of aryl methyl sites for hydroxylation is 2. The van der Waals surface area contributed by atoms with E-state index in [4.69, 9.17) is 4.42 Å². The highest BCUT2D eigenvalue weighted by Crippen LogP contribution is 2.27. The summed E-state index contributed by atoms with van der Waals surface area (Å²) in [6.07, 6.45) is 0.688. The molecule has 1 aliphatic heterocycles. The van der Waals surface area contributed by atoms with Crippen LogP contribution in [-0.2, 0) is 11.2 Å². The van der Waals surface area contributed by atoms with Crippen molar-refractivity contribution in [2.45, 2.75) is 19.8 Å². The number of hydrogen-bond acceptors (Lipinski definition) is 6. The third-order valence-corrected chi connectivity index (χ3v) is 5.35. The Hall–Kier alpha value is -3.19. The van der Waals surface area contributed by atoms with Gasteiger partial charge in [-0.25, -0.2) is 0 Å². The van der Waals surface area contributed by atoms with E-state index in [1.165, 1.54) is 5.56 Å². The van der Waals surface area contributed by atoms with Crippen LogP contribution < -0.4 is 10.2 Å². The molecule has 0 spiro atoms. The van der Waals surface area contributed by atoms with Gasteiger partial charge < -0.3 is 19.5 Å². The summed E-state index contributed by atoms with van der Waals surface area (Å²) in [6.45, 7) is 5.97. The highest BCUT2D eigenvalue weighted by Gasteiger charge is 2.18. The van der Waals surface area contributed by atoms with E-state index in [0.717, 1.165) is 43.1 Å². The van der Waals surface area contributed by atoms with E-state index in [0.29, 0.717) is 18.2 Å². The number of nitrogens with one attached hydrogen (secondary N) is 1. The Morgan fingerprint density at radius 3 is 2.53 bits per heavy atom. The van der Waals surface area contributed by atoms with Gasteiger partial charge in [-0.1, -0.05) is 29.8 Å². The molecular formula is C23H27N5O2. The number of aromatic nitrogens is 2. The lowest BCUT2D eigenvalue weighted by Crippen LogP contribution is -2.44. The first-order valence-corrected chi connectivity index (χ1v) is 10.3. The van der Waals surface area contributed by atoms with E-state index < -0.39 is 0 Å². The van der Waals surface area contributed by atoms with E-state index >= 15 is 0 Å². The van der Waals surface area contributed by atoms with Crippen molar-refractivity contribution in [3.63, 3.8) is 0 Å². The quantitative estimate of drug-likeness (QED) is 0.678. The Morgan fingerprint density at radius 2 is 1.77 bits per heavy atom. The minimum absolute atomic E-state index is 0.0633. The number of amides is 1. The maximum absolute atomic E-state index is 12.6. The van der Waals surface area contributed by atoms with Gasteiger partial charge >= 0.3 is 0 Å². The van der Waals surface area contributed by atoms with Crippen molar-refractivity contribution >= 4 is 17.3 Å². The Labute approximate surface area is 176 Å². The zero-order chi connectivity index (χ0) is 20.9. The van der Waals surface area contributed by atoms with Crippen molar-refractivity contribution in [3.8, 4) is 11.5 Å². The first-order chi connectivity index (χ1) is 14.6. The zero-order valence-corrected chi connectivity index (χ0v) is 17.5. The summed E-state index contributed by atoms with van der Waals surface area (Å²) < 4.78 is 5.72. The molecule has 30 heavy (non-hydrogen) atoms. The first kappa shape index (κ1) is 20.1. The molecule has 0 saturated carbocycles. The number of para-hydroxylation sites is 2. The average molecular weight is 406 g/mol. The molecule has 0 radical (unpaired) electrons. The maximum Gasteiger partial charge on any atom is 0.247 e. The molecule has 7 nitrogen and oxygen atoms in total. The molecule has 0 atom stereocenters. The van der Waals surface area contributed by atoms with Crippen molar-refractivity contribution in [2.75, 3.05) is 43.4 Å². The Balaban J connectivity index is 1.35. The summed E-state index contributed by atoms with van der Waals surface area (Å²) in [5, 5.41) is 11.2. The van der Waals surface area contributed by atoms with Gasteiger partial charge in [0.25, 0.3) is 0 Å². The number of nitrogens with zero attached hydrogens (tertiary/aromatic N) is 4.